The molecule has 0 saturated carbocycles. The van der Waals surface area contributed by atoms with Crippen molar-refractivity contribution in [2.24, 2.45) is 0 Å². The molecule has 5 heteroatoms. The van der Waals surface area contributed by atoms with Gasteiger partial charge in [0.2, 0.25) is 6.43 Å². The molecule has 1 N–H and O–H groups in total. The summed E-state index contributed by atoms with van der Waals surface area (Å²) in [5, 5.41) is 3.34. The van der Waals surface area contributed by atoms with Gasteiger partial charge >= 0.3 is 0 Å². The van der Waals surface area contributed by atoms with Crippen LogP contribution in [0, 0.1) is 0 Å². The van der Waals surface area contributed by atoms with Crippen LogP contribution >= 0.6 is 11.8 Å². The fourth-order valence-corrected chi connectivity index (χ4v) is 2.68. The van der Waals surface area contributed by atoms with Crippen molar-refractivity contribution in [3.05, 3.63) is 29.8 Å². The molecule has 0 bridgehead atoms. The van der Waals surface area contributed by atoms with Crippen LogP contribution in [-0.2, 0) is 4.74 Å². The Bertz CT molecular complexity index is 356. The molecule has 0 amide bonds. The SMILES string of the molecule is FC(F)CSc1ccccc1C1COCCN1. The Hall–Kier alpha value is -0.650. The molecular formula is C12H15F2NOS. The number of nitrogens with one attached hydrogen (secondary N) is 1. The molecule has 0 radical (unpaired) electrons. The molecule has 0 aromatic heterocycles. The molecule has 1 fully saturated rings. The number of thioether (sulfide) groups is 1. The lowest BCUT2D eigenvalue weighted by molar-refractivity contribution is 0.0761. The first-order valence-electron chi connectivity index (χ1n) is 5.58. The molecule has 1 atom stereocenters. The molecule has 2 rings (SSSR count). The highest BCUT2D eigenvalue weighted by atomic mass is 32.2. The Morgan fingerprint density at radius 3 is 2.94 bits per heavy atom. The molecule has 1 aliphatic heterocycles. The third-order valence-corrected chi connectivity index (χ3v) is 3.68. The van der Waals surface area contributed by atoms with Gasteiger partial charge in [0.1, 0.15) is 0 Å². The molecule has 1 aromatic carbocycles. The first-order valence-corrected chi connectivity index (χ1v) is 6.57. The van der Waals surface area contributed by atoms with Crippen LogP contribution in [-0.4, -0.2) is 31.9 Å². The van der Waals surface area contributed by atoms with E-state index < -0.39 is 6.43 Å². The standard InChI is InChI=1S/C12H15F2NOS/c13-12(14)8-17-11-4-2-1-3-9(11)10-7-16-6-5-15-10/h1-4,10,12,15H,5-8H2. The highest BCUT2D eigenvalue weighted by Crippen LogP contribution is 2.29. The minimum atomic E-state index is -2.27. The van der Waals surface area contributed by atoms with Crippen molar-refractivity contribution < 1.29 is 13.5 Å². The third kappa shape index (κ3) is 3.66. The second-order valence-electron chi connectivity index (χ2n) is 3.82. The maximum absolute atomic E-state index is 12.2. The minimum Gasteiger partial charge on any atom is -0.378 e. The van der Waals surface area contributed by atoms with Gasteiger partial charge in [-0.05, 0) is 11.6 Å². The van der Waals surface area contributed by atoms with Crippen molar-refractivity contribution in [3.8, 4) is 0 Å². The lowest BCUT2D eigenvalue weighted by atomic mass is 10.1. The van der Waals surface area contributed by atoms with Gasteiger partial charge in [0.15, 0.2) is 0 Å². The van der Waals surface area contributed by atoms with E-state index in [1.807, 2.05) is 24.3 Å². The van der Waals surface area contributed by atoms with E-state index in [2.05, 4.69) is 5.32 Å². The monoisotopic (exact) mass is 259 g/mol. The Morgan fingerprint density at radius 1 is 1.41 bits per heavy atom. The summed E-state index contributed by atoms with van der Waals surface area (Å²) in [6.07, 6.45) is -2.27. The van der Waals surface area contributed by atoms with Crippen molar-refractivity contribution in [2.75, 3.05) is 25.5 Å². The quantitative estimate of drug-likeness (QED) is 0.840. The Balaban J connectivity index is 2.09. The van der Waals surface area contributed by atoms with Crippen LogP contribution < -0.4 is 5.32 Å². The lowest BCUT2D eigenvalue weighted by Crippen LogP contribution is -2.34. The van der Waals surface area contributed by atoms with Crippen LogP contribution in [0.3, 0.4) is 0 Å². The smallest absolute Gasteiger partial charge is 0.247 e. The molecule has 1 unspecified atom stereocenters. The van der Waals surface area contributed by atoms with Crippen LogP contribution in [0.15, 0.2) is 29.2 Å². The summed E-state index contributed by atoms with van der Waals surface area (Å²) >= 11 is 1.20. The van der Waals surface area contributed by atoms with Gasteiger partial charge in [-0.2, -0.15) is 0 Å². The Kier molecular flexibility index (Phi) is 4.76. The van der Waals surface area contributed by atoms with Crippen molar-refractivity contribution in [3.63, 3.8) is 0 Å². The highest BCUT2D eigenvalue weighted by molar-refractivity contribution is 7.99. The van der Waals surface area contributed by atoms with Crippen LogP contribution in [0.2, 0.25) is 0 Å². The van der Waals surface area contributed by atoms with E-state index >= 15 is 0 Å². The lowest BCUT2D eigenvalue weighted by Gasteiger charge is -2.25. The first kappa shape index (κ1) is 12.8. The van der Waals surface area contributed by atoms with Gasteiger partial charge in [-0.15, -0.1) is 11.8 Å². The number of alkyl halides is 2. The molecule has 1 aromatic rings. The topological polar surface area (TPSA) is 21.3 Å². The summed E-state index contributed by atoms with van der Waals surface area (Å²) in [6.45, 7) is 2.12. The number of hydrogen-bond donors (Lipinski definition) is 1. The minimum absolute atomic E-state index is 0.116. The van der Waals surface area contributed by atoms with E-state index in [0.717, 1.165) is 17.0 Å². The molecule has 1 heterocycles. The van der Waals surface area contributed by atoms with Crippen LogP contribution in [0.1, 0.15) is 11.6 Å². The normalized spacial score (nSPS) is 20.8. The van der Waals surface area contributed by atoms with E-state index in [-0.39, 0.29) is 11.8 Å². The average molecular weight is 259 g/mol. The maximum Gasteiger partial charge on any atom is 0.247 e. The van der Waals surface area contributed by atoms with Crippen LogP contribution in [0.5, 0.6) is 0 Å². The fraction of sp³-hybridized carbons (Fsp3) is 0.500. The summed E-state index contributed by atoms with van der Waals surface area (Å²) < 4.78 is 29.9. The zero-order valence-electron chi connectivity index (χ0n) is 9.36. The summed E-state index contributed by atoms with van der Waals surface area (Å²) in [7, 11) is 0. The van der Waals surface area contributed by atoms with Gasteiger partial charge in [-0.3, -0.25) is 0 Å². The van der Waals surface area contributed by atoms with Crippen molar-refractivity contribution in [1.29, 1.82) is 0 Å². The van der Waals surface area contributed by atoms with E-state index in [0.29, 0.717) is 13.2 Å². The van der Waals surface area contributed by atoms with Crippen LogP contribution in [0.25, 0.3) is 0 Å². The predicted molar refractivity (Wildman–Crippen MR) is 64.7 cm³/mol. The first-order chi connectivity index (χ1) is 8.27. The van der Waals surface area contributed by atoms with E-state index in [1.165, 1.54) is 11.8 Å². The van der Waals surface area contributed by atoms with Crippen molar-refractivity contribution >= 4 is 11.8 Å². The van der Waals surface area contributed by atoms with Gasteiger partial charge in [0.25, 0.3) is 0 Å². The van der Waals surface area contributed by atoms with E-state index in [1.54, 1.807) is 0 Å². The van der Waals surface area contributed by atoms with Gasteiger partial charge in [-0.1, -0.05) is 18.2 Å². The van der Waals surface area contributed by atoms with Gasteiger partial charge in [0.05, 0.1) is 25.0 Å². The Morgan fingerprint density at radius 2 is 2.24 bits per heavy atom. The number of ether oxygens (including phenoxy) is 1. The maximum atomic E-state index is 12.2. The van der Waals surface area contributed by atoms with E-state index in [9.17, 15) is 8.78 Å². The number of benzene rings is 1. The summed E-state index contributed by atoms with van der Waals surface area (Å²) in [4.78, 5) is 0.913. The van der Waals surface area contributed by atoms with Gasteiger partial charge < -0.3 is 10.1 Å². The third-order valence-electron chi connectivity index (χ3n) is 2.58. The summed E-state index contributed by atoms with van der Waals surface area (Å²) in [5.74, 6) is -0.162. The zero-order chi connectivity index (χ0) is 12.1. The predicted octanol–water partition coefficient (Wildman–Crippen LogP) is 2.70. The molecule has 1 saturated heterocycles. The zero-order valence-corrected chi connectivity index (χ0v) is 10.2. The molecule has 17 heavy (non-hydrogen) atoms. The number of hydrogen-bond acceptors (Lipinski definition) is 3. The Labute approximate surface area is 104 Å². The molecular weight excluding hydrogens is 244 g/mol. The number of halogens is 2. The molecule has 0 aliphatic carbocycles. The average Bonchev–Trinajstić information content (AvgIpc) is 2.38. The molecule has 2 nitrogen and oxygen atoms in total. The second-order valence-corrected chi connectivity index (χ2v) is 4.88. The highest BCUT2D eigenvalue weighted by Gasteiger charge is 2.18. The molecule has 94 valence electrons. The number of rotatable bonds is 4. The number of morpholine rings is 1. The fourth-order valence-electron chi connectivity index (χ4n) is 1.82. The second kappa shape index (κ2) is 6.33. The molecule has 1 aliphatic rings. The molecule has 0 spiro atoms. The van der Waals surface area contributed by atoms with Crippen LogP contribution in [0.4, 0.5) is 8.78 Å². The summed E-state index contributed by atoms with van der Waals surface area (Å²) in [5.41, 5.74) is 1.05. The van der Waals surface area contributed by atoms with Crippen molar-refractivity contribution in [1.82, 2.24) is 5.32 Å². The summed E-state index contributed by atoms with van der Waals surface area (Å²) in [6, 6.07) is 7.78. The van der Waals surface area contributed by atoms with E-state index in [4.69, 9.17) is 4.74 Å². The van der Waals surface area contributed by atoms with Gasteiger partial charge in [0, 0.05) is 11.4 Å². The van der Waals surface area contributed by atoms with Gasteiger partial charge in [-0.25, -0.2) is 8.78 Å². The van der Waals surface area contributed by atoms with Crippen molar-refractivity contribution in [2.45, 2.75) is 17.4 Å². The largest absolute Gasteiger partial charge is 0.378 e.